The Hall–Kier alpha value is -5.98. The van der Waals surface area contributed by atoms with Crippen molar-refractivity contribution >= 4 is 99.7 Å². The number of nitrogens with zero attached hydrogens (tertiary/aromatic N) is 2. The van der Waals surface area contributed by atoms with Gasteiger partial charge in [-0.15, -0.1) is 11.3 Å². The number of anilines is 5. The molecule has 7 aromatic carbocycles. The lowest BCUT2D eigenvalue weighted by Crippen LogP contribution is -2.62. The lowest BCUT2D eigenvalue weighted by molar-refractivity contribution is 0.332. The van der Waals surface area contributed by atoms with Gasteiger partial charge in [-0.25, -0.2) is 0 Å². The van der Waals surface area contributed by atoms with Crippen LogP contribution in [-0.2, 0) is 10.8 Å². The van der Waals surface area contributed by atoms with Gasteiger partial charge in [-0.1, -0.05) is 94.4 Å². The molecule has 0 saturated carbocycles. The molecule has 0 fully saturated rings. The van der Waals surface area contributed by atoms with Crippen molar-refractivity contribution in [1.82, 2.24) is 0 Å². The van der Waals surface area contributed by atoms with Crippen LogP contribution in [0.5, 0.6) is 11.5 Å². The summed E-state index contributed by atoms with van der Waals surface area (Å²) >= 11 is 1.91. The zero-order valence-electron chi connectivity index (χ0n) is 32.7. The maximum Gasteiger partial charge on any atom is 0.337 e. The number of hydrogen-bond donors (Lipinski definition) is 0. The number of fused-ring (bicyclic) bond motifs is 15. The molecule has 5 heterocycles. The predicted molar refractivity (Wildman–Crippen MR) is 240 cm³/mol. The van der Waals surface area contributed by atoms with E-state index in [1.165, 1.54) is 76.7 Å². The second-order valence-electron chi connectivity index (χ2n) is 17.9. The summed E-state index contributed by atoms with van der Waals surface area (Å²) in [6.45, 7) is 11.9. The Morgan fingerprint density at radius 2 is 1.35 bits per heavy atom. The molecule has 6 heteroatoms. The van der Waals surface area contributed by atoms with E-state index in [9.17, 15) is 0 Å². The van der Waals surface area contributed by atoms with E-state index in [-0.39, 0.29) is 17.7 Å². The Kier molecular flexibility index (Phi) is 6.03. The molecule has 274 valence electrons. The fourth-order valence-corrected chi connectivity index (χ4v) is 12.2. The molecule has 4 nitrogen and oxygen atoms in total. The molecule has 0 N–H and O–H groups in total. The quantitative estimate of drug-likeness (QED) is 0.156. The Balaban J connectivity index is 1.24. The van der Waals surface area contributed by atoms with Crippen molar-refractivity contribution in [2.45, 2.75) is 58.3 Å². The Morgan fingerprint density at radius 1 is 0.614 bits per heavy atom. The van der Waals surface area contributed by atoms with Gasteiger partial charge in [-0.2, -0.15) is 0 Å². The van der Waals surface area contributed by atoms with E-state index >= 15 is 0 Å². The molecule has 9 aromatic rings. The molecule has 0 saturated heterocycles. The van der Waals surface area contributed by atoms with E-state index in [2.05, 4.69) is 166 Å². The van der Waals surface area contributed by atoms with Gasteiger partial charge in [0, 0.05) is 64.6 Å². The summed E-state index contributed by atoms with van der Waals surface area (Å²) in [6, 6.07) is 44.9. The second kappa shape index (κ2) is 10.7. The zero-order chi connectivity index (χ0) is 38.1. The van der Waals surface area contributed by atoms with E-state index < -0.39 is 0 Å². The van der Waals surface area contributed by atoms with Gasteiger partial charge in [-0.3, -0.25) is 0 Å². The minimum atomic E-state index is -0.188. The highest BCUT2D eigenvalue weighted by Crippen LogP contribution is 2.58. The Labute approximate surface area is 336 Å². The molecule has 0 spiro atoms. The van der Waals surface area contributed by atoms with Gasteiger partial charge in [0.05, 0.1) is 11.4 Å². The van der Waals surface area contributed by atoms with Gasteiger partial charge < -0.3 is 18.9 Å². The fraction of sp³-hybridized carbons (Fsp3) is 0.176. The van der Waals surface area contributed by atoms with Crippen molar-refractivity contribution in [2.24, 2.45) is 0 Å². The predicted octanol–water partition coefficient (Wildman–Crippen LogP) is 13.4. The molecule has 0 unspecified atom stereocenters. The summed E-state index contributed by atoms with van der Waals surface area (Å²) in [4.78, 5) is 5.18. The summed E-state index contributed by atoms with van der Waals surface area (Å²) in [5.74, 6) is 1.75. The summed E-state index contributed by atoms with van der Waals surface area (Å²) in [7, 11) is 0. The van der Waals surface area contributed by atoms with Gasteiger partial charge in [0.1, 0.15) is 16.9 Å². The first-order valence-corrected chi connectivity index (χ1v) is 21.1. The molecule has 0 atom stereocenters. The summed E-state index contributed by atoms with van der Waals surface area (Å²) < 4.78 is 16.5. The first-order valence-electron chi connectivity index (χ1n) is 20.3. The van der Waals surface area contributed by atoms with Crippen molar-refractivity contribution in [2.75, 3.05) is 9.71 Å². The maximum atomic E-state index is 7.10. The molecule has 4 aliphatic rings. The van der Waals surface area contributed by atoms with E-state index in [4.69, 9.17) is 9.15 Å². The number of hydrogen-bond acceptors (Lipinski definition) is 5. The van der Waals surface area contributed by atoms with Crippen LogP contribution < -0.4 is 25.4 Å². The number of para-hydroxylation sites is 4. The van der Waals surface area contributed by atoms with Crippen molar-refractivity contribution in [3.63, 3.8) is 0 Å². The number of aryl methyl sites for hydroxylation is 1. The minimum absolute atomic E-state index is 0.0525. The molecule has 0 radical (unpaired) electrons. The zero-order valence-corrected chi connectivity index (χ0v) is 33.5. The van der Waals surface area contributed by atoms with E-state index in [1.54, 1.807) is 0 Å². The van der Waals surface area contributed by atoms with Crippen molar-refractivity contribution in [1.29, 1.82) is 0 Å². The SMILES string of the molecule is Cc1cc2c(cc1N1c3cc4c(sc5ccccc54)c4c3B(c3c1ccc1c3oc3ccccc31)N1c3ccccc3Oc3cccc-4c31)C(C)(C)CCC2(C)C. The molecular weight excluding hydrogens is 715 g/mol. The van der Waals surface area contributed by atoms with Crippen molar-refractivity contribution in [3.05, 3.63) is 138 Å². The molecule has 13 rings (SSSR count). The molecule has 57 heavy (non-hydrogen) atoms. The van der Waals surface area contributed by atoms with Crippen LogP contribution in [0.4, 0.5) is 28.4 Å². The van der Waals surface area contributed by atoms with Crippen LogP contribution in [0.3, 0.4) is 0 Å². The van der Waals surface area contributed by atoms with Crippen LogP contribution in [0.25, 0.3) is 53.2 Å². The van der Waals surface area contributed by atoms with Crippen molar-refractivity contribution < 1.29 is 9.15 Å². The second-order valence-corrected chi connectivity index (χ2v) is 19.0. The van der Waals surface area contributed by atoms with Gasteiger partial charge in [0.25, 0.3) is 0 Å². The first kappa shape index (κ1) is 32.1. The number of furan rings is 1. The minimum Gasteiger partial charge on any atom is -0.456 e. The maximum absolute atomic E-state index is 7.10. The molecule has 0 bridgehead atoms. The van der Waals surface area contributed by atoms with Crippen LogP contribution in [0.15, 0.2) is 126 Å². The molecule has 0 amide bonds. The lowest BCUT2D eigenvalue weighted by Gasteiger charge is -2.48. The summed E-state index contributed by atoms with van der Waals surface area (Å²) in [6.07, 6.45) is 2.34. The highest BCUT2D eigenvalue weighted by Gasteiger charge is 2.50. The van der Waals surface area contributed by atoms with Gasteiger partial charge in [-0.05, 0) is 107 Å². The van der Waals surface area contributed by atoms with E-state index in [1.807, 2.05) is 11.3 Å². The Morgan fingerprint density at radius 3 is 2.21 bits per heavy atom. The molecule has 2 aromatic heterocycles. The average molecular weight is 755 g/mol. The molecule has 1 aliphatic carbocycles. The highest BCUT2D eigenvalue weighted by atomic mass is 32.1. The van der Waals surface area contributed by atoms with Gasteiger partial charge in [0.15, 0.2) is 5.75 Å². The third kappa shape index (κ3) is 4.04. The first-order chi connectivity index (χ1) is 27.7. The van der Waals surface area contributed by atoms with Gasteiger partial charge >= 0.3 is 6.85 Å². The molecule has 3 aliphatic heterocycles. The number of rotatable bonds is 1. The fourth-order valence-electron chi connectivity index (χ4n) is 10.9. The third-order valence-electron chi connectivity index (χ3n) is 13.8. The Bertz CT molecular complexity index is 3280. The smallest absolute Gasteiger partial charge is 0.337 e. The van der Waals surface area contributed by atoms with Crippen LogP contribution in [0, 0.1) is 6.92 Å². The average Bonchev–Trinajstić information content (AvgIpc) is 3.79. The number of thiophene rings is 1. The normalized spacial score (nSPS) is 16.7. The standard InChI is InChI=1S/C51H39BN2O2S/c1-28-25-34-35(51(4,5)24-23-50(34,2)3)27-38(28)53-37-22-21-31-29-13-6-9-17-40(29)56-48(31)46(37)52-45-39(53)26-33-30-14-7-11-20-43(30)57-49(33)44(45)32-15-12-19-42-47(32)54(52)36-16-8-10-18-41(36)55-42/h6-22,25-27H,23-24H2,1-5H3. The van der Waals surface area contributed by atoms with Crippen LogP contribution in [0.2, 0.25) is 0 Å². The summed E-state index contributed by atoms with van der Waals surface area (Å²) in [5.41, 5.74) is 17.0. The number of ether oxygens (including phenoxy) is 1. The monoisotopic (exact) mass is 754 g/mol. The van der Waals surface area contributed by atoms with E-state index in [0.717, 1.165) is 56.9 Å². The van der Waals surface area contributed by atoms with Gasteiger partial charge in [0.2, 0.25) is 0 Å². The third-order valence-corrected chi connectivity index (χ3v) is 15.0. The van der Waals surface area contributed by atoms with Crippen LogP contribution in [0.1, 0.15) is 57.2 Å². The number of benzene rings is 7. The van der Waals surface area contributed by atoms with Crippen LogP contribution >= 0.6 is 11.3 Å². The lowest BCUT2D eigenvalue weighted by atomic mass is 9.43. The van der Waals surface area contributed by atoms with E-state index in [0.29, 0.717) is 0 Å². The van der Waals surface area contributed by atoms with Crippen molar-refractivity contribution in [3.8, 4) is 22.6 Å². The van der Waals surface area contributed by atoms with Crippen LogP contribution in [-0.4, -0.2) is 6.85 Å². The summed E-state index contributed by atoms with van der Waals surface area (Å²) in [5, 5.41) is 4.87. The largest absolute Gasteiger partial charge is 0.456 e. The molecular formula is C51H39BN2O2S. The highest BCUT2D eigenvalue weighted by molar-refractivity contribution is 7.26. The topological polar surface area (TPSA) is 28.9 Å².